The Labute approximate surface area is 169 Å². The molecule has 0 spiro atoms. The first-order valence-electron chi connectivity index (χ1n) is 9.93. The van der Waals surface area contributed by atoms with Gasteiger partial charge in [-0.1, -0.05) is 5.92 Å². The van der Waals surface area contributed by atoms with Crippen LogP contribution in [0.4, 0.5) is 10.1 Å². The second-order valence-electron chi connectivity index (χ2n) is 7.97. The molecule has 0 bridgehead atoms. The van der Waals surface area contributed by atoms with Gasteiger partial charge in [0.15, 0.2) is 0 Å². The first-order valence-corrected chi connectivity index (χ1v) is 9.93. The summed E-state index contributed by atoms with van der Waals surface area (Å²) in [6.45, 7) is 7.41. The normalized spacial score (nSPS) is 21.1. The molecule has 2 atom stereocenters. The Hall–Kier alpha value is -3.01. The Bertz CT molecular complexity index is 1080. The van der Waals surface area contributed by atoms with Crippen LogP contribution in [0.2, 0.25) is 0 Å². The van der Waals surface area contributed by atoms with Gasteiger partial charge in [0, 0.05) is 30.7 Å². The summed E-state index contributed by atoms with van der Waals surface area (Å²) in [4.78, 5) is 31.3. The number of nitrogens with zero attached hydrogens (tertiary/aromatic N) is 2. The van der Waals surface area contributed by atoms with Crippen LogP contribution in [0.1, 0.15) is 41.4 Å². The molecule has 1 aromatic heterocycles. The summed E-state index contributed by atoms with van der Waals surface area (Å²) in [5.41, 5.74) is 8.47. The van der Waals surface area contributed by atoms with E-state index in [9.17, 15) is 9.59 Å². The highest BCUT2D eigenvalue weighted by Gasteiger charge is 2.41. The number of primary amides is 1. The molecule has 0 saturated carbocycles. The van der Waals surface area contributed by atoms with E-state index in [0.29, 0.717) is 42.1 Å². The van der Waals surface area contributed by atoms with Crippen molar-refractivity contribution in [3.63, 3.8) is 0 Å². The molecule has 2 aliphatic rings. The second kappa shape index (κ2) is 7.11. The quantitative estimate of drug-likeness (QED) is 0.765. The highest BCUT2D eigenvalue weighted by Crippen LogP contribution is 2.40. The van der Waals surface area contributed by atoms with Crippen LogP contribution in [-0.2, 0) is 4.79 Å². The number of aromatic nitrogens is 1. The fraction of sp³-hybridized carbons (Fsp3) is 0.455. The molecule has 0 unspecified atom stereocenters. The molecule has 0 radical (unpaired) electrons. The predicted molar refractivity (Wildman–Crippen MR) is 110 cm³/mol. The van der Waals surface area contributed by atoms with Gasteiger partial charge in [-0.2, -0.15) is 0 Å². The molecule has 152 valence electrons. The van der Waals surface area contributed by atoms with Crippen LogP contribution in [0.15, 0.2) is 6.07 Å². The first kappa shape index (κ1) is 19.3. The van der Waals surface area contributed by atoms with Gasteiger partial charge in [0.25, 0.3) is 11.8 Å². The summed E-state index contributed by atoms with van der Waals surface area (Å²) in [7, 11) is 0. The number of hydrogen-bond acceptors (Lipinski definition) is 3. The van der Waals surface area contributed by atoms with Gasteiger partial charge in [-0.25, -0.2) is 4.39 Å². The zero-order valence-corrected chi connectivity index (χ0v) is 16.9. The minimum absolute atomic E-state index is 0.0164. The number of anilines is 1. The number of piperidine rings is 1. The molecule has 1 aromatic carbocycles. The van der Waals surface area contributed by atoms with Crippen molar-refractivity contribution in [2.75, 3.05) is 24.5 Å². The van der Waals surface area contributed by atoms with Crippen LogP contribution in [0, 0.1) is 37.4 Å². The SMILES string of the molecule is CC#CC(=O)N1CC[C@H]2CCN(c3c(F)cc(C(N)=O)c4[nH]c(C)c(C)c34)C[C@H]21. The number of carbonyl (C=O) groups excluding carboxylic acids is 2. The number of aryl methyl sites for hydroxylation is 2. The number of carbonyl (C=O) groups is 2. The molecule has 4 rings (SSSR count). The summed E-state index contributed by atoms with van der Waals surface area (Å²) >= 11 is 0. The van der Waals surface area contributed by atoms with Gasteiger partial charge in [0.2, 0.25) is 0 Å². The molecule has 3 N–H and O–H groups in total. The van der Waals surface area contributed by atoms with Crippen LogP contribution in [-0.4, -0.2) is 47.4 Å². The Balaban J connectivity index is 1.78. The summed E-state index contributed by atoms with van der Waals surface area (Å²) < 4.78 is 15.3. The largest absolute Gasteiger partial charge is 0.367 e. The van der Waals surface area contributed by atoms with E-state index in [4.69, 9.17) is 5.73 Å². The lowest BCUT2D eigenvalue weighted by atomic mass is 9.91. The van der Waals surface area contributed by atoms with Gasteiger partial charge in [-0.05, 0) is 57.1 Å². The van der Waals surface area contributed by atoms with Crippen LogP contribution >= 0.6 is 0 Å². The molecule has 3 heterocycles. The number of likely N-dealkylation sites (tertiary alicyclic amines) is 1. The fourth-order valence-corrected chi connectivity index (χ4v) is 4.88. The van der Waals surface area contributed by atoms with Gasteiger partial charge < -0.3 is 20.5 Å². The van der Waals surface area contributed by atoms with Crippen molar-refractivity contribution in [2.24, 2.45) is 11.7 Å². The summed E-state index contributed by atoms with van der Waals surface area (Å²) in [5.74, 6) is 4.44. The molecule has 2 aliphatic heterocycles. The number of fused-ring (bicyclic) bond motifs is 2. The second-order valence-corrected chi connectivity index (χ2v) is 7.97. The van der Waals surface area contributed by atoms with E-state index in [1.54, 1.807) is 6.92 Å². The molecule has 2 fully saturated rings. The summed E-state index contributed by atoms with van der Waals surface area (Å²) in [6, 6.07) is 1.24. The Morgan fingerprint density at radius 2 is 2.00 bits per heavy atom. The third-order valence-electron chi connectivity index (χ3n) is 6.44. The molecular formula is C22H25FN4O2. The number of benzene rings is 1. The van der Waals surface area contributed by atoms with Gasteiger partial charge in [0.1, 0.15) is 5.82 Å². The Kier molecular flexibility index (Phi) is 4.73. The van der Waals surface area contributed by atoms with Crippen LogP contribution < -0.4 is 10.6 Å². The summed E-state index contributed by atoms with van der Waals surface area (Å²) in [6.07, 6.45) is 1.84. The van der Waals surface area contributed by atoms with Crippen molar-refractivity contribution in [1.82, 2.24) is 9.88 Å². The zero-order valence-electron chi connectivity index (χ0n) is 16.9. The van der Waals surface area contributed by atoms with Gasteiger partial charge in [-0.3, -0.25) is 9.59 Å². The molecule has 29 heavy (non-hydrogen) atoms. The first-order chi connectivity index (χ1) is 13.8. The van der Waals surface area contributed by atoms with Gasteiger partial charge in [-0.15, -0.1) is 0 Å². The van der Waals surface area contributed by atoms with E-state index in [0.717, 1.165) is 24.1 Å². The van der Waals surface area contributed by atoms with Crippen molar-refractivity contribution in [1.29, 1.82) is 0 Å². The van der Waals surface area contributed by atoms with Crippen LogP contribution in [0.3, 0.4) is 0 Å². The van der Waals surface area contributed by atoms with Crippen molar-refractivity contribution in [2.45, 2.75) is 39.7 Å². The zero-order chi connectivity index (χ0) is 20.9. The number of nitrogens with one attached hydrogen (secondary N) is 1. The lowest BCUT2D eigenvalue weighted by Crippen LogP contribution is -2.50. The number of aromatic amines is 1. The fourth-order valence-electron chi connectivity index (χ4n) is 4.88. The van der Waals surface area contributed by atoms with Gasteiger partial charge in [0.05, 0.1) is 22.8 Å². The smallest absolute Gasteiger partial charge is 0.298 e. The molecular weight excluding hydrogens is 371 g/mol. The summed E-state index contributed by atoms with van der Waals surface area (Å²) in [5, 5.41) is 0.693. The Morgan fingerprint density at radius 1 is 1.28 bits per heavy atom. The van der Waals surface area contributed by atoms with Crippen LogP contribution in [0.25, 0.3) is 10.9 Å². The molecule has 7 heteroatoms. The third-order valence-corrected chi connectivity index (χ3v) is 6.44. The number of halogens is 1. The average Bonchev–Trinajstić information content (AvgIpc) is 3.23. The lowest BCUT2D eigenvalue weighted by Gasteiger charge is -2.39. The van der Waals surface area contributed by atoms with E-state index < -0.39 is 11.7 Å². The van der Waals surface area contributed by atoms with E-state index in [1.165, 1.54) is 6.07 Å². The van der Waals surface area contributed by atoms with Crippen molar-refractivity contribution in [3.8, 4) is 11.8 Å². The van der Waals surface area contributed by atoms with Gasteiger partial charge >= 0.3 is 0 Å². The van der Waals surface area contributed by atoms with E-state index >= 15 is 4.39 Å². The minimum Gasteiger partial charge on any atom is -0.367 e. The lowest BCUT2D eigenvalue weighted by molar-refractivity contribution is -0.126. The third kappa shape index (κ3) is 3.03. The standard InChI is InChI=1S/C22H25FN4O2/c1-4-5-18(28)27-9-7-14-6-8-26(11-17(14)27)21-16(23)10-15(22(24)29)20-19(21)12(2)13(3)25-20/h10,14,17,25H,6-9,11H2,1-3H3,(H2,24,29)/t14-,17-/m1/s1. The molecule has 2 amide bonds. The Morgan fingerprint density at radius 3 is 2.69 bits per heavy atom. The van der Waals surface area contributed by atoms with E-state index in [2.05, 4.69) is 16.8 Å². The maximum absolute atomic E-state index is 15.3. The minimum atomic E-state index is -0.661. The number of hydrogen-bond donors (Lipinski definition) is 2. The van der Waals surface area contributed by atoms with Crippen molar-refractivity contribution in [3.05, 3.63) is 28.7 Å². The topological polar surface area (TPSA) is 82.4 Å². The average molecular weight is 396 g/mol. The van der Waals surface area contributed by atoms with E-state index in [1.807, 2.05) is 23.6 Å². The number of H-pyrrole nitrogens is 1. The maximum atomic E-state index is 15.3. The maximum Gasteiger partial charge on any atom is 0.298 e. The van der Waals surface area contributed by atoms with Crippen molar-refractivity contribution >= 4 is 28.4 Å². The van der Waals surface area contributed by atoms with Crippen LogP contribution in [0.5, 0.6) is 0 Å². The number of nitrogens with two attached hydrogens (primary N) is 1. The predicted octanol–water partition coefficient (Wildman–Crippen LogP) is 2.47. The molecule has 2 saturated heterocycles. The highest BCUT2D eigenvalue weighted by atomic mass is 19.1. The number of amides is 2. The highest BCUT2D eigenvalue weighted by molar-refractivity contribution is 6.10. The van der Waals surface area contributed by atoms with E-state index in [-0.39, 0.29) is 17.5 Å². The molecule has 2 aromatic rings. The molecule has 0 aliphatic carbocycles. The monoisotopic (exact) mass is 396 g/mol. The number of rotatable bonds is 2. The molecule has 6 nitrogen and oxygen atoms in total. The van der Waals surface area contributed by atoms with Crippen molar-refractivity contribution < 1.29 is 14.0 Å².